The monoisotopic (exact) mass is 225 g/mol. The zero-order valence-corrected chi connectivity index (χ0v) is 9.10. The number of hydrogen-bond donors (Lipinski definition) is 1. The van der Waals surface area contributed by atoms with Gasteiger partial charge in [-0.1, -0.05) is 20.3 Å². The molecule has 0 bridgehead atoms. The molecule has 2 atom stereocenters. The van der Waals surface area contributed by atoms with Crippen LogP contribution in [0.4, 0.5) is 13.2 Å². The van der Waals surface area contributed by atoms with Gasteiger partial charge >= 0.3 is 6.18 Å². The lowest BCUT2D eigenvalue weighted by Gasteiger charge is -2.15. The molecule has 15 heavy (non-hydrogen) atoms. The van der Waals surface area contributed by atoms with E-state index in [9.17, 15) is 18.0 Å². The lowest BCUT2D eigenvalue weighted by atomic mass is 9.96. The van der Waals surface area contributed by atoms with Crippen LogP contribution in [-0.4, -0.2) is 18.0 Å². The van der Waals surface area contributed by atoms with Gasteiger partial charge in [-0.05, 0) is 19.3 Å². The van der Waals surface area contributed by atoms with Crippen molar-refractivity contribution in [2.75, 3.05) is 0 Å². The molecule has 0 amide bonds. The lowest BCUT2D eigenvalue weighted by molar-refractivity contribution is -0.175. The lowest BCUT2D eigenvalue weighted by Crippen LogP contribution is -2.30. The van der Waals surface area contributed by atoms with Gasteiger partial charge in [-0.25, -0.2) is 0 Å². The van der Waals surface area contributed by atoms with Gasteiger partial charge in [0, 0.05) is 12.0 Å². The Labute approximate surface area is 88.0 Å². The highest BCUT2D eigenvalue weighted by Crippen LogP contribution is 2.23. The van der Waals surface area contributed by atoms with E-state index in [1.807, 2.05) is 6.92 Å². The van der Waals surface area contributed by atoms with Gasteiger partial charge in [-0.15, -0.1) is 0 Å². The van der Waals surface area contributed by atoms with Crippen LogP contribution in [0.5, 0.6) is 0 Å². The van der Waals surface area contributed by atoms with Crippen molar-refractivity contribution in [3.8, 4) is 0 Å². The predicted octanol–water partition coefficient (Wildman–Crippen LogP) is 2.66. The van der Waals surface area contributed by atoms with Crippen LogP contribution in [0, 0.1) is 5.92 Å². The van der Waals surface area contributed by atoms with E-state index in [0.29, 0.717) is 6.42 Å². The minimum atomic E-state index is -4.71. The third-order valence-corrected chi connectivity index (χ3v) is 2.36. The van der Waals surface area contributed by atoms with Crippen LogP contribution in [0.15, 0.2) is 0 Å². The van der Waals surface area contributed by atoms with E-state index in [1.54, 1.807) is 0 Å². The SMILES string of the molecule is CCCC(N)CCC(C)C(=O)C(F)(F)F. The van der Waals surface area contributed by atoms with Gasteiger partial charge < -0.3 is 5.73 Å². The average molecular weight is 225 g/mol. The zero-order valence-electron chi connectivity index (χ0n) is 9.10. The molecule has 5 heteroatoms. The molecule has 0 fully saturated rings. The fraction of sp³-hybridized carbons (Fsp3) is 0.900. The molecule has 90 valence electrons. The summed E-state index contributed by atoms with van der Waals surface area (Å²) in [5.41, 5.74) is 5.65. The number of halogens is 3. The first-order valence-electron chi connectivity index (χ1n) is 5.15. The van der Waals surface area contributed by atoms with Gasteiger partial charge in [0.05, 0.1) is 0 Å². The first kappa shape index (κ1) is 14.4. The second-order valence-electron chi connectivity index (χ2n) is 3.89. The second kappa shape index (κ2) is 6.10. The van der Waals surface area contributed by atoms with Crippen molar-refractivity contribution in [1.29, 1.82) is 0 Å². The quantitative estimate of drug-likeness (QED) is 0.755. The smallest absolute Gasteiger partial charge is 0.328 e. The number of alkyl halides is 3. The molecule has 0 aromatic heterocycles. The van der Waals surface area contributed by atoms with E-state index in [4.69, 9.17) is 5.73 Å². The maximum atomic E-state index is 12.0. The van der Waals surface area contributed by atoms with Crippen molar-refractivity contribution >= 4 is 5.78 Å². The van der Waals surface area contributed by atoms with Crippen LogP contribution in [-0.2, 0) is 4.79 Å². The van der Waals surface area contributed by atoms with Gasteiger partial charge in [-0.3, -0.25) is 4.79 Å². The minimum Gasteiger partial charge on any atom is -0.328 e. The van der Waals surface area contributed by atoms with Crippen LogP contribution < -0.4 is 5.73 Å². The molecule has 0 saturated carbocycles. The topological polar surface area (TPSA) is 43.1 Å². The largest absolute Gasteiger partial charge is 0.450 e. The van der Waals surface area contributed by atoms with Crippen molar-refractivity contribution in [2.45, 2.75) is 51.7 Å². The summed E-state index contributed by atoms with van der Waals surface area (Å²) in [6, 6.07) is -0.0986. The standard InChI is InChI=1S/C10H18F3NO/c1-3-4-8(14)6-5-7(2)9(15)10(11,12)13/h7-8H,3-6,14H2,1-2H3. The summed E-state index contributed by atoms with van der Waals surface area (Å²) in [5, 5.41) is 0. The summed E-state index contributed by atoms with van der Waals surface area (Å²) in [5.74, 6) is -2.63. The van der Waals surface area contributed by atoms with Crippen molar-refractivity contribution in [1.82, 2.24) is 0 Å². The molecular formula is C10H18F3NO. The molecule has 0 aliphatic carbocycles. The minimum absolute atomic E-state index is 0.0986. The van der Waals surface area contributed by atoms with Gasteiger partial charge in [0.15, 0.2) is 0 Å². The van der Waals surface area contributed by atoms with Crippen molar-refractivity contribution < 1.29 is 18.0 Å². The molecule has 0 spiro atoms. The summed E-state index contributed by atoms with van der Waals surface area (Å²) in [4.78, 5) is 10.8. The van der Waals surface area contributed by atoms with Gasteiger partial charge in [-0.2, -0.15) is 13.2 Å². The van der Waals surface area contributed by atoms with Crippen molar-refractivity contribution in [3.05, 3.63) is 0 Å². The van der Waals surface area contributed by atoms with Crippen LogP contribution in [0.1, 0.15) is 39.5 Å². The molecule has 0 aromatic rings. The van der Waals surface area contributed by atoms with E-state index in [0.717, 1.165) is 12.8 Å². The third kappa shape index (κ3) is 5.77. The Kier molecular flexibility index (Phi) is 5.87. The number of nitrogens with two attached hydrogens (primary N) is 1. The van der Waals surface area contributed by atoms with Crippen LogP contribution in [0.25, 0.3) is 0 Å². The molecule has 0 rings (SSSR count). The van der Waals surface area contributed by atoms with E-state index in [-0.39, 0.29) is 12.5 Å². The predicted molar refractivity (Wildman–Crippen MR) is 52.3 cm³/mol. The molecule has 2 N–H and O–H groups in total. The summed E-state index contributed by atoms with van der Waals surface area (Å²) in [6.45, 7) is 3.26. The fourth-order valence-corrected chi connectivity index (χ4v) is 1.39. The Morgan fingerprint density at radius 2 is 1.80 bits per heavy atom. The maximum absolute atomic E-state index is 12.0. The average Bonchev–Trinajstić information content (AvgIpc) is 2.12. The van der Waals surface area contributed by atoms with Gasteiger partial charge in [0.25, 0.3) is 0 Å². The van der Waals surface area contributed by atoms with Crippen LogP contribution in [0.2, 0.25) is 0 Å². The normalized spacial score (nSPS) is 16.1. The molecule has 0 radical (unpaired) electrons. The summed E-state index contributed by atoms with van der Waals surface area (Å²) in [7, 11) is 0. The fourth-order valence-electron chi connectivity index (χ4n) is 1.39. The maximum Gasteiger partial charge on any atom is 0.450 e. The first-order valence-corrected chi connectivity index (χ1v) is 5.15. The molecule has 0 aromatic carbocycles. The Morgan fingerprint density at radius 3 is 2.20 bits per heavy atom. The highest BCUT2D eigenvalue weighted by atomic mass is 19.4. The summed E-state index contributed by atoms with van der Waals surface area (Å²) < 4.78 is 36.0. The number of ketones is 1. The molecule has 0 aliphatic heterocycles. The first-order chi connectivity index (χ1) is 6.79. The molecule has 0 aliphatic rings. The molecule has 0 heterocycles. The highest BCUT2D eigenvalue weighted by molar-refractivity contribution is 5.85. The van der Waals surface area contributed by atoms with E-state index >= 15 is 0 Å². The van der Waals surface area contributed by atoms with Crippen LogP contribution in [0.3, 0.4) is 0 Å². The van der Waals surface area contributed by atoms with E-state index in [1.165, 1.54) is 6.92 Å². The molecule has 2 nitrogen and oxygen atoms in total. The molecule has 0 saturated heterocycles. The van der Waals surface area contributed by atoms with E-state index < -0.39 is 17.9 Å². The van der Waals surface area contributed by atoms with Crippen molar-refractivity contribution in [2.24, 2.45) is 11.7 Å². The number of Topliss-reactive ketones (excluding diaryl/α,β-unsaturated/α-hetero) is 1. The third-order valence-electron chi connectivity index (χ3n) is 2.36. The summed E-state index contributed by atoms with van der Waals surface area (Å²) in [6.07, 6.45) is -2.35. The van der Waals surface area contributed by atoms with E-state index in [2.05, 4.69) is 0 Å². The highest BCUT2D eigenvalue weighted by Gasteiger charge is 2.41. The van der Waals surface area contributed by atoms with Crippen molar-refractivity contribution in [3.63, 3.8) is 0 Å². The number of carbonyl (C=O) groups is 1. The zero-order chi connectivity index (χ0) is 12.1. The Morgan fingerprint density at radius 1 is 1.27 bits per heavy atom. The molecule has 2 unspecified atom stereocenters. The summed E-state index contributed by atoms with van der Waals surface area (Å²) >= 11 is 0. The number of hydrogen-bond acceptors (Lipinski definition) is 2. The Balaban J connectivity index is 3.94. The number of carbonyl (C=O) groups excluding carboxylic acids is 1. The van der Waals surface area contributed by atoms with Gasteiger partial charge in [0.2, 0.25) is 5.78 Å². The van der Waals surface area contributed by atoms with Gasteiger partial charge in [0.1, 0.15) is 0 Å². The Bertz CT molecular complexity index is 203. The molecular weight excluding hydrogens is 207 g/mol. The number of rotatable bonds is 6. The van der Waals surface area contributed by atoms with Crippen LogP contribution >= 0.6 is 0 Å². The second-order valence-corrected chi connectivity index (χ2v) is 3.89. The Hall–Kier alpha value is -0.580.